The maximum absolute atomic E-state index is 12.2. The van der Waals surface area contributed by atoms with Crippen LogP contribution in [0.1, 0.15) is 20.3 Å². The van der Waals surface area contributed by atoms with Crippen LogP contribution in [0.25, 0.3) is 0 Å². The number of carbonyl (C=O) groups is 2. The summed E-state index contributed by atoms with van der Waals surface area (Å²) in [4.78, 5) is 37.2. The van der Waals surface area contributed by atoms with Gasteiger partial charge in [-0.1, -0.05) is 13.0 Å². The third kappa shape index (κ3) is 2.74. The van der Waals surface area contributed by atoms with Crippen LogP contribution in [0.5, 0.6) is 0 Å². The molecule has 0 radical (unpaired) electrons. The van der Waals surface area contributed by atoms with Crippen molar-refractivity contribution >= 4 is 11.8 Å². The highest BCUT2D eigenvalue weighted by atomic mass is 16.2. The van der Waals surface area contributed by atoms with E-state index in [4.69, 9.17) is 0 Å². The van der Waals surface area contributed by atoms with E-state index in [1.165, 1.54) is 10.6 Å². The Hall–Kier alpha value is -2.11. The van der Waals surface area contributed by atoms with E-state index in [0.29, 0.717) is 19.5 Å². The first-order valence-electron chi connectivity index (χ1n) is 6.81. The number of piperazine rings is 1. The summed E-state index contributed by atoms with van der Waals surface area (Å²) in [6, 6.07) is 3.97. The zero-order valence-corrected chi connectivity index (χ0v) is 11.7. The maximum atomic E-state index is 12.2. The van der Waals surface area contributed by atoms with Crippen LogP contribution in [0, 0.1) is 0 Å². The summed E-state index contributed by atoms with van der Waals surface area (Å²) in [6.07, 6.45) is 2.25. The number of aromatic nitrogens is 1. The van der Waals surface area contributed by atoms with E-state index in [1.807, 2.05) is 6.92 Å². The fourth-order valence-electron chi connectivity index (χ4n) is 2.33. The van der Waals surface area contributed by atoms with Gasteiger partial charge in [-0.05, 0) is 19.4 Å². The molecule has 2 unspecified atom stereocenters. The van der Waals surface area contributed by atoms with Gasteiger partial charge in [0.2, 0.25) is 11.8 Å². The standard InChI is InChI=1S/C14H19N3O3/c1-3-11-14(20)17(10(2)13(19)15-11)9-8-16-7-5-4-6-12(16)18/h4-7,10-11H,3,8-9H2,1-2H3,(H,15,19). The topological polar surface area (TPSA) is 71.4 Å². The predicted molar refractivity (Wildman–Crippen MR) is 74.1 cm³/mol. The van der Waals surface area contributed by atoms with Gasteiger partial charge in [0.1, 0.15) is 12.1 Å². The molecule has 2 atom stereocenters. The van der Waals surface area contributed by atoms with E-state index in [0.717, 1.165) is 0 Å². The average molecular weight is 277 g/mol. The summed E-state index contributed by atoms with van der Waals surface area (Å²) in [6.45, 7) is 4.30. The van der Waals surface area contributed by atoms with Crippen molar-refractivity contribution in [3.8, 4) is 0 Å². The Morgan fingerprint density at radius 2 is 1.95 bits per heavy atom. The number of pyridine rings is 1. The van der Waals surface area contributed by atoms with Gasteiger partial charge in [0.15, 0.2) is 0 Å². The Kier molecular flexibility index (Phi) is 4.22. The molecule has 1 fully saturated rings. The van der Waals surface area contributed by atoms with Gasteiger partial charge < -0.3 is 14.8 Å². The first kappa shape index (κ1) is 14.3. The molecule has 0 spiro atoms. The lowest BCUT2D eigenvalue weighted by Crippen LogP contribution is -2.62. The monoisotopic (exact) mass is 277 g/mol. The molecule has 0 aromatic carbocycles. The second kappa shape index (κ2) is 5.90. The molecule has 1 N–H and O–H groups in total. The van der Waals surface area contributed by atoms with Crippen molar-refractivity contribution in [1.29, 1.82) is 0 Å². The van der Waals surface area contributed by atoms with Gasteiger partial charge >= 0.3 is 0 Å². The van der Waals surface area contributed by atoms with Gasteiger partial charge in [0.25, 0.3) is 5.56 Å². The second-order valence-corrected chi connectivity index (χ2v) is 4.91. The highest BCUT2D eigenvalue weighted by Crippen LogP contribution is 2.11. The quantitative estimate of drug-likeness (QED) is 0.840. The van der Waals surface area contributed by atoms with Gasteiger partial charge in [-0.3, -0.25) is 14.4 Å². The molecule has 20 heavy (non-hydrogen) atoms. The van der Waals surface area contributed by atoms with Crippen molar-refractivity contribution in [3.63, 3.8) is 0 Å². The lowest BCUT2D eigenvalue weighted by molar-refractivity contribution is -0.148. The van der Waals surface area contributed by atoms with Crippen molar-refractivity contribution < 1.29 is 9.59 Å². The number of hydrogen-bond donors (Lipinski definition) is 1. The normalized spacial score (nSPS) is 22.8. The fourth-order valence-corrected chi connectivity index (χ4v) is 2.33. The van der Waals surface area contributed by atoms with Crippen LogP contribution in [-0.2, 0) is 16.1 Å². The summed E-state index contributed by atoms with van der Waals surface area (Å²) >= 11 is 0. The first-order valence-corrected chi connectivity index (χ1v) is 6.81. The molecule has 1 saturated heterocycles. The van der Waals surface area contributed by atoms with Crippen molar-refractivity contribution in [3.05, 3.63) is 34.7 Å². The zero-order chi connectivity index (χ0) is 14.7. The van der Waals surface area contributed by atoms with Crippen molar-refractivity contribution in [2.75, 3.05) is 6.54 Å². The van der Waals surface area contributed by atoms with E-state index >= 15 is 0 Å². The molecular weight excluding hydrogens is 258 g/mol. The third-order valence-corrected chi connectivity index (χ3v) is 3.63. The fraction of sp³-hybridized carbons (Fsp3) is 0.500. The molecule has 1 aliphatic heterocycles. The molecule has 1 aromatic heterocycles. The second-order valence-electron chi connectivity index (χ2n) is 4.91. The Morgan fingerprint density at radius 1 is 1.20 bits per heavy atom. The van der Waals surface area contributed by atoms with E-state index in [9.17, 15) is 14.4 Å². The zero-order valence-electron chi connectivity index (χ0n) is 11.7. The summed E-state index contributed by atoms with van der Waals surface area (Å²) in [5.74, 6) is -0.222. The van der Waals surface area contributed by atoms with Gasteiger partial charge in [-0.15, -0.1) is 0 Å². The van der Waals surface area contributed by atoms with Crippen LogP contribution >= 0.6 is 0 Å². The maximum Gasteiger partial charge on any atom is 0.250 e. The van der Waals surface area contributed by atoms with Crippen molar-refractivity contribution in [2.24, 2.45) is 0 Å². The Bertz CT molecular complexity index is 567. The van der Waals surface area contributed by atoms with Gasteiger partial charge in [-0.2, -0.15) is 0 Å². The van der Waals surface area contributed by atoms with E-state index < -0.39 is 12.1 Å². The smallest absolute Gasteiger partial charge is 0.250 e. The van der Waals surface area contributed by atoms with E-state index in [1.54, 1.807) is 30.2 Å². The first-order chi connectivity index (χ1) is 9.54. The van der Waals surface area contributed by atoms with Crippen LogP contribution in [0.3, 0.4) is 0 Å². The number of nitrogens with one attached hydrogen (secondary N) is 1. The molecule has 108 valence electrons. The molecule has 2 rings (SSSR count). The highest BCUT2D eigenvalue weighted by Gasteiger charge is 2.36. The minimum absolute atomic E-state index is 0.0800. The van der Waals surface area contributed by atoms with Crippen molar-refractivity contribution in [2.45, 2.75) is 38.9 Å². The molecule has 1 aromatic rings. The Morgan fingerprint density at radius 3 is 2.60 bits per heavy atom. The summed E-state index contributed by atoms with van der Waals surface area (Å²) in [7, 11) is 0. The van der Waals surface area contributed by atoms with Crippen LogP contribution < -0.4 is 10.9 Å². The molecule has 6 nitrogen and oxygen atoms in total. The largest absolute Gasteiger partial charge is 0.343 e. The lowest BCUT2D eigenvalue weighted by Gasteiger charge is -2.37. The summed E-state index contributed by atoms with van der Waals surface area (Å²) in [5, 5.41) is 2.71. The molecule has 0 saturated carbocycles. The predicted octanol–water partition coefficient (Wildman–Crippen LogP) is -0.0262. The van der Waals surface area contributed by atoms with Crippen molar-refractivity contribution in [1.82, 2.24) is 14.8 Å². The lowest BCUT2D eigenvalue weighted by atomic mass is 10.1. The molecule has 0 aliphatic carbocycles. The molecule has 1 aliphatic rings. The number of nitrogens with zero attached hydrogens (tertiary/aromatic N) is 2. The SMILES string of the molecule is CCC1NC(=O)C(C)N(CCn2ccccc2=O)C1=O. The molecule has 0 bridgehead atoms. The summed E-state index contributed by atoms with van der Waals surface area (Å²) < 4.78 is 1.54. The van der Waals surface area contributed by atoms with Crippen LogP contribution in [-0.4, -0.2) is 39.9 Å². The molecular formula is C14H19N3O3. The molecule has 2 heterocycles. The third-order valence-electron chi connectivity index (χ3n) is 3.63. The van der Waals surface area contributed by atoms with Crippen LogP contribution in [0.2, 0.25) is 0 Å². The minimum atomic E-state index is -0.496. The number of hydrogen-bond acceptors (Lipinski definition) is 3. The average Bonchev–Trinajstić information content (AvgIpc) is 2.44. The van der Waals surface area contributed by atoms with Gasteiger partial charge in [-0.25, -0.2) is 0 Å². The summed E-state index contributed by atoms with van der Waals surface area (Å²) in [5.41, 5.74) is -0.110. The molecule has 2 amide bonds. The van der Waals surface area contributed by atoms with Crippen LogP contribution in [0.4, 0.5) is 0 Å². The van der Waals surface area contributed by atoms with Gasteiger partial charge in [0, 0.05) is 25.4 Å². The number of amides is 2. The number of carbonyl (C=O) groups excluding carboxylic acids is 2. The van der Waals surface area contributed by atoms with E-state index in [-0.39, 0.29) is 17.4 Å². The minimum Gasteiger partial charge on any atom is -0.343 e. The Labute approximate surface area is 117 Å². The van der Waals surface area contributed by atoms with E-state index in [2.05, 4.69) is 5.32 Å². The Balaban J connectivity index is 2.10. The molecule has 6 heteroatoms. The number of rotatable bonds is 4. The highest BCUT2D eigenvalue weighted by molar-refractivity contribution is 5.96. The van der Waals surface area contributed by atoms with Crippen LogP contribution in [0.15, 0.2) is 29.2 Å². The van der Waals surface area contributed by atoms with Gasteiger partial charge in [0.05, 0.1) is 0 Å².